The first-order chi connectivity index (χ1) is 7.58. The predicted molar refractivity (Wildman–Crippen MR) is 66.5 cm³/mol. The molecule has 0 bridgehead atoms. The van der Waals surface area contributed by atoms with Gasteiger partial charge in [-0.15, -0.1) is 0 Å². The minimum Gasteiger partial charge on any atom is -0.360 e. The van der Waals surface area contributed by atoms with Crippen molar-refractivity contribution in [2.24, 2.45) is 0 Å². The van der Waals surface area contributed by atoms with Gasteiger partial charge >= 0.3 is 0 Å². The van der Waals surface area contributed by atoms with Gasteiger partial charge in [-0.05, 0) is 37.1 Å². The first kappa shape index (κ1) is 12.3. The van der Waals surface area contributed by atoms with Crippen LogP contribution in [0.3, 0.4) is 0 Å². The largest absolute Gasteiger partial charge is 0.360 e. The minimum atomic E-state index is 0.0555. The summed E-state index contributed by atoms with van der Waals surface area (Å²) in [6.45, 7) is 3.94. The summed E-state index contributed by atoms with van der Waals surface area (Å²) in [5.74, 6) is 0. The Balaban J connectivity index is 3.01. The molecule has 1 N–H and O–H groups in total. The van der Waals surface area contributed by atoms with Crippen LogP contribution in [-0.2, 0) is 0 Å². The standard InChI is InChI=1S/C12H10BrN3/c1-8-4-12(9(2)3-11(8)13)16-7-10(5-14)6-15/h3-4,7,16H,1-2H3. The van der Waals surface area contributed by atoms with Crippen molar-refractivity contribution in [1.29, 1.82) is 10.5 Å². The van der Waals surface area contributed by atoms with Gasteiger partial charge in [0.25, 0.3) is 0 Å². The summed E-state index contributed by atoms with van der Waals surface area (Å²) in [5, 5.41) is 20.1. The molecule has 16 heavy (non-hydrogen) atoms. The van der Waals surface area contributed by atoms with E-state index < -0.39 is 0 Å². The van der Waals surface area contributed by atoms with Crippen molar-refractivity contribution >= 4 is 21.6 Å². The highest BCUT2D eigenvalue weighted by molar-refractivity contribution is 9.10. The second kappa shape index (κ2) is 5.34. The van der Waals surface area contributed by atoms with E-state index >= 15 is 0 Å². The van der Waals surface area contributed by atoms with Crippen molar-refractivity contribution in [2.75, 3.05) is 5.32 Å². The average molecular weight is 276 g/mol. The fourth-order valence-corrected chi connectivity index (χ4v) is 1.63. The summed E-state index contributed by atoms with van der Waals surface area (Å²) in [7, 11) is 0. The average Bonchev–Trinajstić information content (AvgIpc) is 2.26. The molecule has 0 saturated carbocycles. The number of anilines is 1. The van der Waals surface area contributed by atoms with Crippen LogP contribution in [0, 0.1) is 36.5 Å². The molecule has 0 radical (unpaired) electrons. The summed E-state index contributed by atoms with van der Waals surface area (Å²) in [5.41, 5.74) is 3.09. The predicted octanol–water partition coefficient (Wildman–Crippen LogP) is 3.41. The third-order valence-electron chi connectivity index (χ3n) is 2.12. The van der Waals surface area contributed by atoms with E-state index in [1.807, 2.05) is 26.0 Å². The highest BCUT2D eigenvalue weighted by Gasteiger charge is 2.01. The van der Waals surface area contributed by atoms with Crippen LogP contribution in [0.25, 0.3) is 0 Å². The molecular weight excluding hydrogens is 266 g/mol. The number of hydrogen-bond donors (Lipinski definition) is 1. The molecule has 0 atom stereocenters. The lowest BCUT2D eigenvalue weighted by Crippen LogP contribution is -1.94. The SMILES string of the molecule is Cc1cc(NC=C(C#N)C#N)c(C)cc1Br. The van der Waals surface area contributed by atoms with Crippen LogP contribution in [0.15, 0.2) is 28.4 Å². The maximum absolute atomic E-state index is 8.58. The molecule has 0 unspecified atom stereocenters. The number of hydrogen-bond acceptors (Lipinski definition) is 3. The van der Waals surface area contributed by atoms with Crippen molar-refractivity contribution < 1.29 is 0 Å². The van der Waals surface area contributed by atoms with E-state index in [-0.39, 0.29) is 5.57 Å². The van der Waals surface area contributed by atoms with Gasteiger partial charge in [0.2, 0.25) is 0 Å². The highest BCUT2D eigenvalue weighted by atomic mass is 79.9. The molecule has 3 nitrogen and oxygen atoms in total. The molecule has 1 rings (SSSR count). The zero-order chi connectivity index (χ0) is 12.1. The first-order valence-corrected chi connectivity index (χ1v) is 5.41. The lowest BCUT2D eigenvalue weighted by atomic mass is 10.1. The number of allylic oxidation sites excluding steroid dienone is 1. The summed E-state index contributed by atoms with van der Waals surface area (Å²) in [6.07, 6.45) is 1.41. The number of nitriles is 2. The van der Waals surface area contributed by atoms with Crippen molar-refractivity contribution in [3.8, 4) is 12.1 Å². The lowest BCUT2D eigenvalue weighted by molar-refractivity contribution is 1.35. The minimum absolute atomic E-state index is 0.0555. The van der Waals surface area contributed by atoms with E-state index in [0.29, 0.717) is 0 Å². The molecule has 0 fully saturated rings. The van der Waals surface area contributed by atoms with Gasteiger partial charge in [0.15, 0.2) is 0 Å². The maximum Gasteiger partial charge on any atom is 0.145 e. The number of benzene rings is 1. The molecule has 0 saturated heterocycles. The molecule has 0 spiro atoms. The molecule has 0 aliphatic carbocycles. The molecule has 0 aliphatic rings. The maximum atomic E-state index is 8.58. The van der Waals surface area contributed by atoms with Gasteiger partial charge in [-0.2, -0.15) is 10.5 Å². The van der Waals surface area contributed by atoms with Crippen LogP contribution in [0.2, 0.25) is 0 Å². The number of nitrogens with one attached hydrogen (secondary N) is 1. The van der Waals surface area contributed by atoms with Gasteiger partial charge in [-0.1, -0.05) is 15.9 Å². The molecule has 4 heteroatoms. The van der Waals surface area contributed by atoms with Gasteiger partial charge < -0.3 is 5.32 Å². The zero-order valence-electron chi connectivity index (χ0n) is 9.00. The van der Waals surface area contributed by atoms with E-state index in [2.05, 4.69) is 21.2 Å². The molecule has 1 aromatic rings. The van der Waals surface area contributed by atoms with Crippen molar-refractivity contribution in [1.82, 2.24) is 0 Å². The van der Waals surface area contributed by atoms with Crippen LogP contribution in [-0.4, -0.2) is 0 Å². The monoisotopic (exact) mass is 275 g/mol. The summed E-state index contributed by atoms with van der Waals surface area (Å²) >= 11 is 3.44. The lowest BCUT2D eigenvalue weighted by Gasteiger charge is -2.08. The Bertz CT molecular complexity index is 502. The van der Waals surface area contributed by atoms with Crippen molar-refractivity contribution in [2.45, 2.75) is 13.8 Å². The molecule has 0 aliphatic heterocycles. The van der Waals surface area contributed by atoms with Crippen LogP contribution in [0.5, 0.6) is 0 Å². The van der Waals surface area contributed by atoms with Gasteiger partial charge in [-0.25, -0.2) is 0 Å². The van der Waals surface area contributed by atoms with E-state index in [4.69, 9.17) is 10.5 Å². The normalized spacial score (nSPS) is 8.81. The molecule has 0 heterocycles. The number of nitrogens with zero attached hydrogens (tertiary/aromatic N) is 2. The second-order valence-electron chi connectivity index (χ2n) is 3.34. The molecule has 80 valence electrons. The van der Waals surface area contributed by atoms with Gasteiger partial charge in [-0.3, -0.25) is 0 Å². The Morgan fingerprint density at radius 1 is 1.25 bits per heavy atom. The Morgan fingerprint density at radius 3 is 2.44 bits per heavy atom. The number of halogens is 1. The summed E-state index contributed by atoms with van der Waals surface area (Å²) in [6, 6.07) is 7.54. The quantitative estimate of drug-likeness (QED) is 0.842. The summed E-state index contributed by atoms with van der Waals surface area (Å²) < 4.78 is 1.04. The van der Waals surface area contributed by atoms with Crippen LogP contribution < -0.4 is 5.32 Å². The van der Waals surface area contributed by atoms with Crippen LogP contribution >= 0.6 is 15.9 Å². The smallest absolute Gasteiger partial charge is 0.145 e. The topological polar surface area (TPSA) is 59.6 Å². The molecule has 1 aromatic carbocycles. The molecule has 0 amide bonds. The third-order valence-corrected chi connectivity index (χ3v) is 2.97. The van der Waals surface area contributed by atoms with Crippen molar-refractivity contribution in [3.05, 3.63) is 39.5 Å². The van der Waals surface area contributed by atoms with Gasteiger partial charge in [0, 0.05) is 16.4 Å². The van der Waals surface area contributed by atoms with E-state index in [1.54, 1.807) is 12.1 Å². The first-order valence-electron chi connectivity index (χ1n) is 4.62. The van der Waals surface area contributed by atoms with E-state index in [1.165, 1.54) is 6.20 Å². The van der Waals surface area contributed by atoms with Gasteiger partial charge in [0.05, 0.1) is 0 Å². The highest BCUT2D eigenvalue weighted by Crippen LogP contribution is 2.24. The Hall–Kier alpha value is -1.78. The van der Waals surface area contributed by atoms with E-state index in [9.17, 15) is 0 Å². The number of rotatable bonds is 2. The second-order valence-corrected chi connectivity index (χ2v) is 4.20. The number of aryl methyl sites for hydroxylation is 2. The van der Waals surface area contributed by atoms with Crippen LogP contribution in [0.1, 0.15) is 11.1 Å². The fraction of sp³-hybridized carbons (Fsp3) is 0.167. The molecular formula is C12H10BrN3. The van der Waals surface area contributed by atoms with Crippen molar-refractivity contribution in [3.63, 3.8) is 0 Å². The zero-order valence-corrected chi connectivity index (χ0v) is 10.6. The Labute approximate surface area is 103 Å². The fourth-order valence-electron chi connectivity index (χ4n) is 1.18. The Morgan fingerprint density at radius 2 is 1.88 bits per heavy atom. The third kappa shape index (κ3) is 2.85. The van der Waals surface area contributed by atoms with E-state index in [0.717, 1.165) is 21.3 Å². The summed E-state index contributed by atoms with van der Waals surface area (Å²) in [4.78, 5) is 0. The molecule has 0 aromatic heterocycles. The van der Waals surface area contributed by atoms with Gasteiger partial charge in [0.1, 0.15) is 17.7 Å². The Kier molecular flexibility index (Phi) is 4.10. The van der Waals surface area contributed by atoms with Crippen LogP contribution in [0.4, 0.5) is 5.69 Å².